The molecule has 0 amide bonds. The standard InChI is InChI=1S/2C22H30O2Si/c2*1-14(2)25(15(3)4,16(5)6)10-9-19-13-24-22-18(8)11-17(7)12-20(22)21(19)23/h2*11-16H,1-8H3. The highest BCUT2D eigenvalue weighted by molar-refractivity contribution is 6.91. The Morgan fingerprint density at radius 3 is 1.02 bits per heavy atom. The molecule has 0 aliphatic rings. The summed E-state index contributed by atoms with van der Waals surface area (Å²) >= 11 is 0. The zero-order valence-corrected chi connectivity index (χ0v) is 35.6. The van der Waals surface area contributed by atoms with E-state index >= 15 is 0 Å². The lowest BCUT2D eigenvalue weighted by atomic mass is 10.1. The summed E-state index contributed by atoms with van der Waals surface area (Å²) in [4.78, 5) is 25.8. The summed E-state index contributed by atoms with van der Waals surface area (Å²) in [6.07, 6.45) is 3.08. The van der Waals surface area contributed by atoms with Crippen molar-refractivity contribution in [2.24, 2.45) is 0 Å². The third-order valence-electron chi connectivity index (χ3n) is 11.0. The van der Waals surface area contributed by atoms with Crippen molar-refractivity contribution in [1.29, 1.82) is 0 Å². The molecule has 6 heteroatoms. The molecule has 0 unspecified atom stereocenters. The molecular formula is C44H60O4Si2. The van der Waals surface area contributed by atoms with Crippen molar-refractivity contribution in [3.05, 3.63) is 90.6 Å². The zero-order chi connectivity index (χ0) is 37.9. The lowest BCUT2D eigenvalue weighted by Crippen LogP contribution is -2.43. The van der Waals surface area contributed by atoms with Gasteiger partial charge >= 0.3 is 0 Å². The van der Waals surface area contributed by atoms with Crippen molar-refractivity contribution >= 4 is 38.1 Å². The summed E-state index contributed by atoms with van der Waals surface area (Å²) in [6, 6.07) is 7.87. The molecule has 0 fully saturated rings. The summed E-state index contributed by atoms with van der Waals surface area (Å²) in [5.74, 6) is 6.47. The van der Waals surface area contributed by atoms with Crippen LogP contribution in [0.5, 0.6) is 0 Å². The molecule has 0 aliphatic carbocycles. The Kier molecular flexibility index (Phi) is 13.2. The van der Waals surface area contributed by atoms with Gasteiger partial charge < -0.3 is 8.83 Å². The van der Waals surface area contributed by atoms with Crippen molar-refractivity contribution in [1.82, 2.24) is 0 Å². The fourth-order valence-corrected chi connectivity index (χ4v) is 19.0. The van der Waals surface area contributed by atoms with Crippen LogP contribution >= 0.6 is 0 Å². The lowest BCUT2D eigenvalue weighted by molar-refractivity contribution is 0.597. The first-order valence-corrected chi connectivity index (χ1v) is 22.8. The van der Waals surface area contributed by atoms with Crippen LogP contribution in [0.2, 0.25) is 33.2 Å². The molecule has 0 atom stereocenters. The van der Waals surface area contributed by atoms with Gasteiger partial charge in [-0.15, -0.1) is 11.1 Å². The third-order valence-corrected chi connectivity index (χ3v) is 23.5. The van der Waals surface area contributed by atoms with Gasteiger partial charge in [-0.2, -0.15) is 0 Å². The van der Waals surface area contributed by atoms with Crippen LogP contribution in [0.3, 0.4) is 0 Å². The fourth-order valence-electron chi connectivity index (χ4n) is 8.58. The van der Waals surface area contributed by atoms with Crippen molar-refractivity contribution in [3.63, 3.8) is 0 Å². The maximum absolute atomic E-state index is 12.9. The highest BCUT2D eigenvalue weighted by Crippen LogP contribution is 2.42. The Hall–Kier alpha value is -3.59. The van der Waals surface area contributed by atoms with Crippen LogP contribution in [-0.4, -0.2) is 16.1 Å². The van der Waals surface area contributed by atoms with Crippen LogP contribution in [0.1, 0.15) is 116 Å². The number of benzene rings is 2. The van der Waals surface area contributed by atoms with E-state index in [1.54, 1.807) is 12.5 Å². The summed E-state index contributed by atoms with van der Waals surface area (Å²) in [7, 11) is -3.73. The van der Waals surface area contributed by atoms with Crippen molar-refractivity contribution < 1.29 is 8.83 Å². The highest BCUT2D eigenvalue weighted by atomic mass is 28.3. The van der Waals surface area contributed by atoms with E-state index in [-0.39, 0.29) is 10.9 Å². The summed E-state index contributed by atoms with van der Waals surface area (Å²) < 4.78 is 11.5. The van der Waals surface area contributed by atoms with Gasteiger partial charge in [0.1, 0.15) is 51.0 Å². The molecule has 4 nitrogen and oxygen atoms in total. The smallest absolute Gasteiger partial charge is 0.208 e. The van der Waals surface area contributed by atoms with E-state index in [0.717, 1.165) is 22.3 Å². The quantitative estimate of drug-likeness (QED) is 0.148. The van der Waals surface area contributed by atoms with Gasteiger partial charge in [-0.25, -0.2) is 0 Å². The number of aryl methyl sites for hydroxylation is 4. The van der Waals surface area contributed by atoms with Gasteiger partial charge in [0.15, 0.2) is 0 Å². The predicted molar refractivity (Wildman–Crippen MR) is 220 cm³/mol. The van der Waals surface area contributed by atoms with Gasteiger partial charge in [0, 0.05) is 0 Å². The van der Waals surface area contributed by atoms with Crippen molar-refractivity contribution in [2.75, 3.05) is 0 Å². The van der Waals surface area contributed by atoms with Crippen LogP contribution in [0.25, 0.3) is 21.9 Å². The second-order valence-corrected chi connectivity index (χ2v) is 27.3. The molecular weight excluding hydrogens is 649 g/mol. The Morgan fingerprint density at radius 2 is 0.760 bits per heavy atom. The number of hydrogen-bond acceptors (Lipinski definition) is 4. The molecule has 2 heterocycles. The second-order valence-electron chi connectivity index (χ2n) is 16.2. The van der Waals surface area contributed by atoms with E-state index in [4.69, 9.17) is 8.83 Å². The van der Waals surface area contributed by atoms with Gasteiger partial charge in [0.25, 0.3) is 0 Å². The van der Waals surface area contributed by atoms with Gasteiger partial charge in [-0.05, 0) is 95.3 Å². The second kappa shape index (κ2) is 16.2. The molecule has 0 bridgehead atoms. The predicted octanol–water partition coefficient (Wildman–Crippen LogP) is 12.0. The average Bonchev–Trinajstić information content (AvgIpc) is 2.99. The minimum Gasteiger partial charge on any atom is -0.462 e. The lowest BCUT2D eigenvalue weighted by Gasteiger charge is -2.38. The van der Waals surface area contributed by atoms with E-state index in [1.807, 2.05) is 52.0 Å². The third kappa shape index (κ3) is 7.98. The minimum absolute atomic E-state index is 0.0141. The van der Waals surface area contributed by atoms with Gasteiger partial charge in [-0.1, -0.05) is 107 Å². The minimum atomic E-state index is -1.86. The number of fused-ring (bicyclic) bond motifs is 2. The van der Waals surface area contributed by atoms with E-state index in [9.17, 15) is 9.59 Å². The zero-order valence-electron chi connectivity index (χ0n) is 33.6. The largest absolute Gasteiger partial charge is 0.462 e. The molecule has 4 rings (SSSR count). The van der Waals surface area contributed by atoms with E-state index < -0.39 is 16.1 Å². The highest BCUT2D eigenvalue weighted by Gasteiger charge is 2.42. The topological polar surface area (TPSA) is 60.4 Å². The molecule has 4 aromatic rings. The summed E-state index contributed by atoms with van der Waals surface area (Å²) in [6.45, 7) is 35.2. The van der Waals surface area contributed by atoms with Crippen molar-refractivity contribution in [2.45, 2.75) is 144 Å². The van der Waals surface area contributed by atoms with Crippen LogP contribution in [-0.2, 0) is 0 Å². The molecule has 0 saturated carbocycles. The molecule has 0 N–H and O–H groups in total. The van der Waals surface area contributed by atoms with Gasteiger partial charge in [0.05, 0.1) is 10.8 Å². The van der Waals surface area contributed by atoms with Crippen LogP contribution in [0.15, 0.2) is 55.2 Å². The number of rotatable bonds is 6. The van der Waals surface area contributed by atoms with E-state index in [2.05, 4.69) is 106 Å². The molecule has 0 saturated heterocycles. The molecule has 268 valence electrons. The average molecular weight is 709 g/mol. The Labute approximate surface area is 303 Å². The number of hydrogen-bond donors (Lipinski definition) is 0. The monoisotopic (exact) mass is 708 g/mol. The maximum Gasteiger partial charge on any atom is 0.208 e. The van der Waals surface area contributed by atoms with Crippen LogP contribution in [0.4, 0.5) is 0 Å². The SMILES string of the molecule is Cc1cc(C)c2occ(C#C[Si](C(C)C)(C(C)C)C(C)C)c(=O)c2c1.Cc1cc(C)c2occ(C#C[Si](C(C)C)(C(C)C)C(C)C)c(=O)c2c1. The Balaban J connectivity index is 0.000000270. The van der Waals surface area contributed by atoms with Crippen LogP contribution in [0, 0.1) is 50.6 Å². The molecule has 2 aromatic heterocycles. The Bertz CT molecular complexity index is 1890. The summed E-state index contributed by atoms with van der Waals surface area (Å²) in [5, 5.41) is 1.27. The van der Waals surface area contributed by atoms with Gasteiger partial charge in [-0.3, -0.25) is 9.59 Å². The maximum atomic E-state index is 12.9. The van der Waals surface area contributed by atoms with Crippen molar-refractivity contribution in [3.8, 4) is 22.9 Å². The molecule has 50 heavy (non-hydrogen) atoms. The summed E-state index contributed by atoms with van der Waals surface area (Å²) in [5.41, 5.74) is 16.8. The molecule has 0 aliphatic heterocycles. The molecule has 2 aromatic carbocycles. The molecule has 0 radical (unpaired) electrons. The van der Waals surface area contributed by atoms with Gasteiger partial charge in [0.2, 0.25) is 10.9 Å². The first-order valence-electron chi connectivity index (χ1n) is 18.3. The molecule has 0 spiro atoms. The fraction of sp³-hybridized carbons (Fsp3) is 0.500. The van der Waals surface area contributed by atoms with Crippen LogP contribution < -0.4 is 10.9 Å². The van der Waals surface area contributed by atoms with E-state index in [1.165, 1.54) is 0 Å². The first-order chi connectivity index (χ1) is 23.2. The Morgan fingerprint density at radius 1 is 0.480 bits per heavy atom. The first kappa shape index (κ1) is 40.8. The normalized spacial score (nSPS) is 12.1. The van der Waals surface area contributed by atoms with E-state index in [0.29, 0.717) is 66.3 Å².